The molecule has 0 saturated carbocycles. The molecule has 0 saturated heterocycles. The first-order chi connectivity index (χ1) is 13.5. The number of anilines is 2. The Labute approximate surface area is 162 Å². The van der Waals surface area contributed by atoms with Crippen LogP contribution in [0.5, 0.6) is 5.75 Å². The molecule has 7 nitrogen and oxygen atoms in total. The number of benzene rings is 2. The first kappa shape index (κ1) is 19.2. The average molecular weight is 379 g/mol. The van der Waals surface area contributed by atoms with Gasteiger partial charge in [0, 0.05) is 6.20 Å². The average Bonchev–Trinajstić information content (AvgIpc) is 2.99. The van der Waals surface area contributed by atoms with Crippen LogP contribution in [-0.4, -0.2) is 29.3 Å². The second kappa shape index (κ2) is 8.39. The summed E-state index contributed by atoms with van der Waals surface area (Å²) < 4.78 is 5.71. The zero-order valence-corrected chi connectivity index (χ0v) is 15.7. The second-order valence-corrected chi connectivity index (χ2v) is 6.20. The number of ether oxygens (including phenoxy) is 1. The van der Waals surface area contributed by atoms with E-state index in [0.29, 0.717) is 29.3 Å². The van der Waals surface area contributed by atoms with E-state index in [1.165, 1.54) is 17.1 Å². The third-order valence-electron chi connectivity index (χ3n) is 4.14. The third kappa shape index (κ3) is 4.03. The molecule has 0 radical (unpaired) electrons. The number of amides is 1. The number of rotatable bonds is 7. The molecule has 0 bridgehead atoms. The van der Waals surface area contributed by atoms with Crippen LogP contribution in [0.3, 0.4) is 0 Å². The van der Waals surface area contributed by atoms with Gasteiger partial charge in [0.05, 0.1) is 34.8 Å². The van der Waals surface area contributed by atoms with Crippen LogP contribution in [0.4, 0.5) is 11.4 Å². The number of carboxylic acid groups (broad SMARTS) is 1. The van der Waals surface area contributed by atoms with Crippen LogP contribution in [0.15, 0.2) is 65.4 Å². The van der Waals surface area contributed by atoms with Crippen molar-refractivity contribution in [3.63, 3.8) is 0 Å². The molecule has 0 atom stereocenters. The van der Waals surface area contributed by atoms with E-state index in [1.807, 2.05) is 31.2 Å². The Hall–Kier alpha value is -3.61. The number of carbonyl (C=O) groups excluding carboxylic acids is 1. The van der Waals surface area contributed by atoms with Crippen LogP contribution >= 0.6 is 0 Å². The van der Waals surface area contributed by atoms with E-state index in [0.717, 1.165) is 12.1 Å². The number of hydrogen-bond acceptors (Lipinski definition) is 5. The molecule has 144 valence electrons. The Balaban J connectivity index is 1.78. The smallest absolute Gasteiger partial charge is 0.335 e. The molecule has 1 amide bonds. The van der Waals surface area contributed by atoms with E-state index < -0.39 is 5.97 Å². The lowest BCUT2D eigenvalue weighted by Gasteiger charge is -2.12. The summed E-state index contributed by atoms with van der Waals surface area (Å²) in [6.45, 7) is 4.39. The number of carboxylic acids is 1. The quantitative estimate of drug-likeness (QED) is 0.712. The summed E-state index contributed by atoms with van der Waals surface area (Å²) in [4.78, 5) is 23.7. The number of carbonyl (C=O) groups is 2. The molecule has 0 unspecified atom stereocenters. The third-order valence-corrected chi connectivity index (χ3v) is 4.14. The van der Waals surface area contributed by atoms with Gasteiger partial charge in [0.1, 0.15) is 5.75 Å². The van der Waals surface area contributed by atoms with E-state index >= 15 is 0 Å². The Morgan fingerprint density at radius 2 is 1.93 bits per heavy atom. The van der Waals surface area contributed by atoms with Crippen LogP contribution in [0.25, 0.3) is 0 Å². The number of nitrogens with one attached hydrogen (secondary N) is 1. The molecule has 1 heterocycles. The summed E-state index contributed by atoms with van der Waals surface area (Å²) in [6.07, 6.45) is 2.51. The molecule has 0 fully saturated rings. The van der Waals surface area contributed by atoms with Crippen molar-refractivity contribution in [3.05, 3.63) is 65.9 Å². The summed E-state index contributed by atoms with van der Waals surface area (Å²) in [7, 11) is 0. The number of hydrogen-bond donors (Lipinski definition) is 2. The molecule has 1 aliphatic rings. The molecular weight excluding hydrogens is 358 g/mol. The summed E-state index contributed by atoms with van der Waals surface area (Å²) in [6, 6.07) is 13.5. The summed E-state index contributed by atoms with van der Waals surface area (Å²) in [5.41, 5.74) is 2.40. The Morgan fingerprint density at radius 1 is 1.21 bits per heavy atom. The SMILES string of the molecule is CCCOc1ccccc1NC=C1C(=O)N(c2ccc(C(=O)O)cc2)N=C1C. The number of para-hydroxylation sites is 2. The maximum atomic E-state index is 12.8. The van der Waals surface area contributed by atoms with Gasteiger partial charge in [-0.2, -0.15) is 10.1 Å². The van der Waals surface area contributed by atoms with Crippen LogP contribution < -0.4 is 15.1 Å². The molecule has 2 aromatic carbocycles. The minimum absolute atomic E-state index is 0.150. The molecule has 28 heavy (non-hydrogen) atoms. The molecule has 0 spiro atoms. The normalized spacial score (nSPS) is 14.9. The van der Waals surface area contributed by atoms with Crippen molar-refractivity contribution in [1.82, 2.24) is 0 Å². The lowest BCUT2D eigenvalue weighted by atomic mass is 10.1. The van der Waals surface area contributed by atoms with E-state index in [4.69, 9.17) is 9.84 Å². The van der Waals surface area contributed by atoms with Gasteiger partial charge in [-0.1, -0.05) is 19.1 Å². The van der Waals surface area contributed by atoms with Crippen molar-refractivity contribution in [3.8, 4) is 5.75 Å². The van der Waals surface area contributed by atoms with Gasteiger partial charge in [0.25, 0.3) is 5.91 Å². The summed E-state index contributed by atoms with van der Waals surface area (Å²) in [5.74, 6) is -0.602. The van der Waals surface area contributed by atoms with E-state index in [1.54, 1.807) is 25.3 Å². The van der Waals surface area contributed by atoms with Crippen molar-refractivity contribution < 1.29 is 19.4 Å². The molecule has 7 heteroatoms. The molecule has 0 aromatic heterocycles. The van der Waals surface area contributed by atoms with Crippen LogP contribution in [0, 0.1) is 0 Å². The van der Waals surface area contributed by atoms with Gasteiger partial charge >= 0.3 is 5.97 Å². The first-order valence-corrected chi connectivity index (χ1v) is 8.93. The van der Waals surface area contributed by atoms with Gasteiger partial charge in [0.2, 0.25) is 0 Å². The van der Waals surface area contributed by atoms with Gasteiger partial charge in [0.15, 0.2) is 0 Å². The predicted molar refractivity (Wildman–Crippen MR) is 108 cm³/mol. The van der Waals surface area contributed by atoms with Gasteiger partial charge in [-0.25, -0.2) is 4.79 Å². The van der Waals surface area contributed by atoms with E-state index in [2.05, 4.69) is 10.4 Å². The Morgan fingerprint density at radius 3 is 2.61 bits per heavy atom. The fourth-order valence-corrected chi connectivity index (χ4v) is 2.68. The zero-order chi connectivity index (χ0) is 20.1. The van der Waals surface area contributed by atoms with Gasteiger partial charge in [-0.3, -0.25) is 4.79 Å². The molecule has 2 aromatic rings. The van der Waals surface area contributed by atoms with Crippen molar-refractivity contribution >= 4 is 29.0 Å². The van der Waals surface area contributed by atoms with Crippen molar-refractivity contribution in [2.75, 3.05) is 16.9 Å². The van der Waals surface area contributed by atoms with Gasteiger partial charge in [-0.15, -0.1) is 0 Å². The monoisotopic (exact) mass is 379 g/mol. The molecule has 3 rings (SSSR count). The van der Waals surface area contributed by atoms with Crippen molar-refractivity contribution in [1.29, 1.82) is 0 Å². The Bertz CT molecular complexity index is 948. The minimum Gasteiger partial charge on any atom is -0.491 e. The summed E-state index contributed by atoms with van der Waals surface area (Å²) >= 11 is 0. The van der Waals surface area contributed by atoms with E-state index in [-0.39, 0.29) is 11.5 Å². The molecule has 0 aliphatic carbocycles. The standard InChI is InChI=1S/C21H21N3O4/c1-3-12-28-19-7-5-4-6-18(19)22-13-17-14(2)23-24(20(17)25)16-10-8-15(9-11-16)21(26)27/h4-11,13,22H,3,12H2,1-2H3,(H,26,27). The van der Waals surface area contributed by atoms with Crippen LogP contribution in [0.1, 0.15) is 30.6 Å². The van der Waals surface area contributed by atoms with Crippen LogP contribution in [-0.2, 0) is 4.79 Å². The zero-order valence-electron chi connectivity index (χ0n) is 15.7. The molecule has 1 aliphatic heterocycles. The molecule has 2 N–H and O–H groups in total. The Kier molecular flexibility index (Phi) is 5.74. The van der Waals surface area contributed by atoms with Crippen LogP contribution in [0.2, 0.25) is 0 Å². The lowest BCUT2D eigenvalue weighted by Crippen LogP contribution is -2.21. The highest BCUT2D eigenvalue weighted by Crippen LogP contribution is 2.27. The number of aromatic carboxylic acids is 1. The van der Waals surface area contributed by atoms with E-state index in [9.17, 15) is 9.59 Å². The predicted octanol–water partition coefficient (Wildman–Crippen LogP) is 3.89. The number of nitrogens with zero attached hydrogens (tertiary/aromatic N) is 2. The maximum Gasteiger partial charge on any atom is 0.335 e. The number of hydrazone groups is 1. The first-order valence-electron chi connectivity index (χ1n) is 8.93. The second-order valence-electron chi connectivity index (χ2n) is 6.20. The minimum atomic E-state index is -1.02. The maximum absolute atomic E-state index is 12.8. The van der Waals surface area contributed by atoms with Crippen molar-refractivity contribution in [2.45, 2.75) is 20.3 Å². The van der Waals surface area contributed by atoms with Gasteiger partial charge < -0.3 is 15.2 Å². The van der Waals surface area contributed by atoms with Gasteiger partial charge in [-0.05, 0) is 49.7 Å². The van der Waals surface area contributed by atoms with Crippen molar-refractivity contribution in [2.24, 2.45) is 5.10 Å². The lowest BCUT2D eigenvalue weighted by molar-refractivity contribution is -0.114. The highest BCUT2D eigenvalue weighted by Gasteiger charge is 2.28. The largest absolute Gasteiger partial charge is 0.491 e. The molecular formula is C21H21N3O4. The summed E-state index contributed by atoms with van der Waals surface area (Å²) in [5, 5.41) is 17.7. The fourth-order valence-electron chi connectivity index (χ4n) is 2.68. The highest BCUT2D eigenvalue weighted by atomic mass is 16.5. The fraction of sp³-hybridized carbons (Fsp3) is 0.190. The highest BCUT2D eigenvalue weighted by molar-refractivity contribution is 6.29. The topological polar surface area (TPSA) is 91.2 Å².